The summed E-state index contributed by atoms with van der Waals surface area (Å²) in [7, 11) is 1.32. The highest BCUT2D eigenvalue weighted by atomic mass is 16.5. The predicted octanol–water partition coefficient (Wildman–Crippen LogP) is 1.65. The van der Waals surface area contributed by atoms with Crippen molar-refractivity contribution in [2.45, 2.75) is 26.4 Å². The zero-order valence-corrected chi connectivity index (χ0v) is 11.9. The summed E-state index contributed by atoms with van der Waals surface area (Å²) >= 11 is 0. The van der Waals surface area contributed by atoms with Gasteiger partial charge in [0.2, 0.25) is 0 Å². The van der Waals surface area contributed by atoms with Gasteiger partial charge in [0, 0.05) is 24.5 Å². The molecule has 19 heavy (non-hydrogen) atoms. The lowest BCUT2D eigenvalue weighted by Crippen LogP contribution is -2.38. The average molecular weight is 266 g/mol. The van der Waals surface area contributed by atoms with Crippen molar-refractivity contribution in [1.82, 2.24) is 0 Å². The Labute approximate surface area is 114 Å². The first-order valence-corrected chi connectivity index (χ1v) is 6.23. The van der Waals surface area contributed by atoms with Gasteiger partial charge in [-0.05, 0) is 39.0 Å². The Morgan fingerprint density at radius 1 is 1.47 bits per heavy atom. The minimum atomic E-state index is -0.817. The Bertz CT molecular complexity index is 452. The Morgan fingerprint density at radius 2 is 2.11 bits per heavy atom. The quantitative estimate of drug-likeness (QED) is 0.626. The van der Waals surface area contributed by atoms with Crippen molar-refractivity contribution in [2.24, 2.45) is 0 Å². The number of esters is 1. The van der Waals surface area contributed by atoms with E-state index in [0.717, 1.165) is 5.69 Å². The molecule has 0 heterocycles. The molecule has 0 aliphatic rings. The summed E-state index contributed by atoms with van der Waals surface area (Å²) in [5, 5.41) is 9.90. The maximum Gasteiger partial charge on any atom is 0.340 e. The zero-order chi connectivity index (χ0) is 14.6. The average Bonchev–Trinajstić information content (AvgIpc) is 2.34. The molecule has 3 N–H and O–H groups in total. The topological polar surface area (TPSA) is 75.8 Å². The predicted molar refractivity (Wildman–Crippen MR) is 76.4 cm³/mol. The van der Waals surface area contributed by atoms with E-state index in [0.29, 0.717) is 24.3 Å². The van der Waals surface area contributed by atoms with Crippen molar-refractivity contribution < 1.29 is 14.6 Å². The second-order valence-electron chi connectivity index (χ2n) is 5.09. The van der Waals surface area contributed by atoms with Crippen molar-refractivity contribution >= 4 is 17.3 Å². The molecule has 0 amide bonds. The summed E-state index contributed by atoms with van der Waals surface area (Å²) in [6.45, 7) is 6.66. The first kappa shape index (κ1) is 15.3. The van der Waals surface area contributed by atoms with Crippen LogP contribution in [0, 0.1) is 0 Å². The molecule has 0 spiro atoms. The third-order valence-corrected chi connectivity index (χ3v) is 2.77. The van der Waals surface area contributed by atoms with Gasteiger partial charge >= 0.3 is 5.97 Å². The number of rotatable bonds is 5. The van der Waals surface area contributed by atoms with Crippen LogP contribution in [0.5, 0.6) is 0 Å². The number of ether oxygens (including phenoxy) is 1. The molecule has 106 valence electrons. The number of carbonyl (C=O) groups is 1. The molecule has 0 bridgehead atoms. The standard InChI is InChI=1S/C14H22N2O3/c1-5-16(9-14(2,3)18)10-6-7-12(15)11(8-10)13(17)19-4/h6-8,18H,5,9,15H2,1-4H3. The van der Waals surface area contributed by atoms with Gasteiger partial charge < -0.3 is 20.5 Å². The summed E-state index contributed by atoms with van der Waals surface area (Å²) < 4.78 is 4.70. The number of aliphatic hydroxyl groups is 1. The highest BCUT2D eigenvalue weighted by molar-refractivity contribution is 5.96. The molecule has 0 radical (unpaired) electrons. The molecule has 0 saturated heterocycles. The number of methoxy groups -OCH3 is 1. The lowest BCUT2D eigenvalue weighted by Gasteiger charge is -2.30. The van der Waals surface area contributed by atoms with Crippen LogP contribution in [0.25, 0.3) is 0 Å². The van der Waals surface area contributed by atoms with Crippen molar-refractivity contribution in [3.63, 3.8) is 0 Å². The Hall–Kier alpha value is -1.75. The normalized spacial score (nSPS) is 11.2. The monoisotopic (exact) mass is 266 g/mol. The van der Waals surface area contributed by atoms with E-state index in [1.165, 1.54) is 7.11 Å². The van der Waals surface area contributed by atoms with E-state index in [2.05, 4.69) is 0 Å². The summed E-state index contributed by atoms with van der Waals surface area (Å²) in [6.07, 6.45) is 0. The number of hydrogen-bond acceptors (Lipinski definition) is 5. The smallest absolute Gasteiger partial charge is 0.340 e. The van der Waals surface area contributed by atoms with Crippen LogP contribution in [0.3, 0.4) is 0 Å². The molecule has 1 aromatic carbocycles. The van der Waals surface area contributed by atoms with Crippen LogP contribution in [-0.4, -0.2) is 36.9 Å². The highest BCUT2D eigenvalue weighted by Crippen LogP contribution is 2.23. The molecule has 0 aliphatic heterocycles. The van der Waals surface area contributed by atoms with Crippen LogP contribution in [0.2, 0.25) is 0 Å². The zero-order valence-electron chi connectivity index (χ0n) is 11.9. The first-order chi connectivity index (χ1) is 8.78. The lowest BCUT2D eigenvalue weighted by molar-refractivity contribution is 0.0602. The Kier molecular flexibility index (Phi) is 4.78. The van der Waals surface area contributed by atoms with Gasteiger partial charge in [-0.1, -0.05) is 0 Å². The fraction of sp³-hybridized carbons (Fsp3) is 0.500. The maximum atomic E-state index is 11.6. The van der Waals surface area contributed by atoms with E-state index in [1.807, 2.05) is 17.9 Å². The van der Waals surface area contributed by atoms with Crippen LogP contribution >= 0.6 is 0 Å². The van der Waals surface area contributed by atoms with E-state index in [-0.39, 0.29) is 0 Å². The molecular formula is C14H22N2O3. The van der Waals surface area contributed by atoms with Gasteiger partial charge in [-0.25, -0.2) is 4.79 Å². The Balaban J connectivity index is 3.09. The van der Waals surface area contributed by atoms with Crippen LogP contribution < -0.4 is 10.6 Å². The molecule has 5 nitrogen and oxygen atoms in total. The number of nitrogens with zero attached hydrogens (tertiary/aromatic N) is 1. The van der Waals surface area contributed by atoms with Gasteiger partial charge in [0.1, 0.15) is 0 Å². The van der Waals surface area contributed by atoms with E-state index in [9.17, 15) is 9.90 Å². The number of hydrogen-bond donors (Lipinski definition) is 2. The largest absolute Gasteiger partial charge is 0.465 e. The van der Waals surface area contributed by atoms with Crippen LogP contribution in [0.4, 0.5) is 11.4 Å². The number of benzene rings is 1. The summed E-state index contributed by atoms with van der Waals surface area (Å²) in [5.41, 5.74) is 6.51. The summed E-state index contributed by atoms with van der Waals surface area (Å²) in [6, 6.07) is 5.20. The fourth-order valence-corrected chi connectivity index (χ4v) is 1.88. The van der Waals surface area contributed by atoms with E-state index in [4.69, 9.17) is 10.5 Å². The van der Waals surface area contributed by atoms with Crippen LogP contribution in [0.1, 0.15) is 31.1 Å². The fourth-order valence-electron chi connectivity index (χ4n) is 1.88. The van der Waals surface area contributed by atoms with E-state index >= 15 is 0 Å². The van der Waals surface area contributed by atoms with Gasteiger partial charge in [-0.15, -0.1) is 0 Å². The third-order valence-electron chi connectivity index (χ3n) is 2.77. The lowest BCUT2D eigenvalue weighted by atomic mass is 10.1. The summed E-state index contributed by atoms with van der Waals surface area (Å²) in [5.74, 6) is -0.460. The van der Waals surface area contributed by atoms with Gasteiger partial charge in [0.05, 0.1) is 18.3 Å². The maximum absolute atomic E-state index is 11.6. The number of carbonyl (C=O) groups excluding carboxylic acids is 1. The number of nitrogens with two attached hydrogens (primary N) is 1. The molecule has 0 atom stereocenters. The van der Waals surface area contributed by atoms with Crippen molar-refractivity contribution in [2.75, 3.05) is 30.8 Å². The minimum Gasteiger partial charge on any atom is -0.465 e. The molecule has 1 aromatic rings. The molecule has 0 aromatic heterocycles. The molecular weight excluding hydrogens is 244 g/mol. The van der Waals surface area contributed by atoms with E-state index < -0.39 is 11.6 Å². The van der Waals surface area contributed by atoms with Crippen molar-refractivity contribution in [1.29, 1.82) is 0 Å². The Morgan fingerprint density at radius 3 is 2.58 bits per heavy atom. The van der Waals surface area contributed by atoms with Gasteiger partial charge in [-0.3, -0.25) is 0 Å². The van der Waals surface area contributed by atoms with Gasteiger partial charge in [0.15, 0.2) is 0 Å². The van der Waals surface area contributed by atoms with Gasteiger partial charge in [0.25, 0.3) is 0 Å². The molecule has 0 unspecified atom stereocenters. The van der Waals surface area contributed by atoms with Crippen LogP contribution in [0.15, 0.2) is 18.2 Å². The highest BCUT2D eigenvalue weighted by Gasteiger charge is 2.19. The second-order valence-corrected chi connectivity index (χ2v) is 5.09. The first-order valence-electron chi connectivity index (χ1n) is 6.23. The molecule has 0 saturated carbocycles. The number of nitrogen functional groups attached to an aromatic ring is 1. The molecule has 1 rings (SSSR count). The SMILES string of the molecule is CCN(CC(C)(C)O)c1ccc(N)c(C(=O)OC)c1. The van der Waals surface area contributed by atoms with Crippen molar-refractivity contribution in [3.05, 3.63) is 23.8 Å². The van der Waals surface area contributed by atoms with E-state index in [1.54, 1.807) is 26.0 Å². The molecule has 5 heteroatoms. The molecule has 0 fully saturated rings. The number of likely N-dealkylation sites (N-methyl/N-ethyl adjacent to an activating group) is 1. The summed E-state index contributed by atoms with van der Waals surface area (Å²) in [4.78, 5) is 13.6. The van der Waals surface area contributed by atoms with Gasteiger partial charge in [-0.2, -0.15) is 0 Å². The third kappa shape index (κ3) is 4.13. The van der Waals surface area contributed by atoms with Crippen LogP contribution in [-0.2, 0) is 4.74 Å². The van der Waals surface area contributed by atoms with Crippen molar-refractivity contribution in [3.8, 4) is 0 Å². The minimum absolute atomic E-state index is 0.342. The number of anilines is 2. The second kappa shape index (κ2) is 5.93. The molecule has 0 aliphatic carbocycles.